The van der Waals surface area contributed by atoms with Crippen LogP contribution < -0.4 is 5.32 Å². The maximum absolute atomic E-state index is 11.7. The van der Waals surface area contributed by atoms with E-state index < -0.39 is 10.8 Å². The van der Waals surface area contributed by atoms with E-state index in [2.05, 4.69) is 10.3 Å². The lowest BCUT2D eigenvalue weighted by Gasteiger charge is -2.06. The predicted octanol–water partition coefficient (Wildman–Crippen LogP) is 1.00. The van der Waals surface area contributed by atoms with Crippen molar-refractivity contribution in [1.82, 2.24) is 10.3 Å². The topological polar surface area (TPSA) is 42.0 Å². The van der Waals surface area contributed by atoms with Crippen molar-refractivity contribution < 1.29 is 4.21 Å². The van der Waals surface area contributed by atoms with E-state index in [1.807, 2.05) is 6.20 Å². The van der Waals surface area contributed by atoms with Crippen molar-refractivity contribution in [3.8, 4) is 0 Å². The fourth-order valence-electron chi connectivity index (χ4n) is 1.65. The molecule has 1 aliphatic rings. The van der Waals surface area contributed by atoms with Crippen LogP contribution in [-0.4, -0.2) is 28.0 Å². The zero-order valence-electron chi connectivity index (χ0n) is 7.94. The predicted molar refractivity (Wildman–Crippen MR) is 59.8 cm³/mol. The van der Waals surface area contributed by atoms with Crippen molar-refractivity contribution in [2.75, 3.05) is 18.8 Å². The third-order valence-electron chi connectivity index (χ3n) is 2.37. The van der Waals surface area contributed by atoms with E-state index in [-0.39, 0.29) is 0 Å². The summed E-state index contributed by atoms with van der Waals surface area (Å²) >= 11 is 1.59. The Bertz CT molecular complexity index is 294. The molecule has 1 aliphatic heterocycles. The molecule has 0 saturated carbocycles. The third-order valence-corrected chi connectivity index (χ3v) is 4.81. The van der Waals surface area contributed by atoms with Crippen molar-refractivity contribution in [3.05, 3.63) is 16.6 Å². The van der Waals surface area contributed by atoms with Gasteiger partial charge < -0.3 is 5.32 Å². The number of rotatable bonds is 4. The summed E-state index contributed by atoms with van der Waals surface area (Å²) in [5, 5.41) is 3.29. The Balaban J connectivity index is 1.78. The molecule has 2 atom stereocenters. The first-order valence-corrected chi connectivity index (χ1v) is 7.14. The van der Waals surface area contributed by atoms with Crippen LogP contribution in [0, 0.1) is 5.92 Å². The molecule has 0 radical (unpaired) electrons. The summed E-state index contributed by atoms with van der Waals surface area (Å²) in [6.07, 6.45) is 2.99. The molecular weight excluding hydrogens is 216 g/mol. The second kappa shape index (κ2) is 5.00. The Morgan fingerprint density at radius 2 is 2.64 bits per heavy atom. The molecule has 1 saturated heterocycles. The summed E-state index contributed by atoms with van der Waals surface area (Å²) in [6, 6.07) is 0. The van der Waals surface area contributed by atoms with Gasteiger partial charge in [-0.1, -0.05) is 0 Å². The van der Waals surface area contributed by atoms with Crippen LogP contribution in [0.1, 0.15) is 11.3 Å². The Labute approximate surface area is 90.4 Å². The number of aromatic nitrogens is 1. The highest BCUT2D eigenvalue weighted by molar-refractivity contribution is 7.84. The highest BCUT2D eigenvalue weighted by atomic mass is 32.2. The summed E-state index contributed by atoms with van der Waals surface area (Å²) in [5.74, 6) is 2.13. The van der Waals surface area contributed by atoms with Gasteiger partial charge in [0.2, 0.25) is 0 Å². The van der Waals surface area contributed by atoms with Gasteiger partial charge in [-0.2, -0.15) is 0 Å². The second-order valence-electron chi connectivity index (χ2n) is 3.58. The molecule has 0 unspecified atom stereocenters. The molecule has 5 heteroatoms. The maximum atomic E-state index is 11.7. The van der Waals surface area contributed by atoms with Crippen LogP contribution >= 0.6 is 11.3 Å². The lowest BCUT2D eigenvalue weighted by Crippen LogP contribution is -2.15. The van der Waals surface area contributed by atoms with Crippen LogP contribution in [0.25, 0.3) is 0 Å². The normalized spacial score (nSPS) is 23.9. The first-order chi connectivity index (χ1) is 6.84. The van der Waals surface area contributed by atoms with Crippen LogP contribution in [0.15, 0.2) is 11.7 Å². The van der Waals surface area contributed by atoms with Gasteiger partial charge in [0.05, 0.1) is 11.3 Å². The zero-order chi connectivity index (χ0) is 9.80. The summed E-state index contributed by atoms with van der Waals surface area (Å²) < 4.78 is 11.7. The number of nitrogens with zero attached hydrogens (tertiary/aromatic N) is 1. The molecule has 0 amide bonds. The molecule has 3 nitrogen and oxygen atoms in total. The van der Waals surface area contributed by atoms with E-state index >= 15 is 0 Å². The van der Waals surface area contributed by atoms with E-state index in [1.165, 1.54) is 6.42 Å². The number of hydrogen-bond acceptors (Lipinski definition) is 4. The minimum atomic E-state index is -0.709. The molecule has 2 heterocycles. The van der Waals surface area contributed by atoms with E-state index in [4.69, 9.17) is 0 Å². The zero-order valence-corrected chi connectivity index (χ0v) is 9.57. The van der Waals surface area contributed by atoms with Crippen molar-refractivity contribution in [1.29, 1.82) is 0 Å². The molecule has 2 rings (SSSR count). The Morgan fingerprint density at radius 1 is 1.71 bits per heavy atom. The second-order valence-corrected chi connectivity index (χ2v) is 6.05. The Hall–Kier alpha value is -0.260. The minimum absolute atomic E-state index is 0.615. The van der Waals surface area contributed by atoms with Gasteiger partial charge in [0.1, 0.15) is 0 Å². The van der Waals surface area contributed by atoms with Gasteiger partial charge in [0.25, 0.3) is 0 Å². The van der Waals surface area contributed by atoms with E-state index in [1.54, 1.807) is 16.8 Å². The summed E-state index contributed by atoms with van der Waals surface area (Å²) in [6.45, 7) is 2.12. The lowest BCUT2D eigenvalue weighted by molar-refractivity contribution is 0.632. The van der Waals surface area contributed by atoms with E-state index in [0.717, 1.165) is 23.7 Å². The highest BCUT2D eigenvalue weighted by Crippen LogP contribution is 2.13. The minimum Gasteiger partial charge on any atom is -0.316 e. The number of thiazole rings is 1. The molecule has 1 fully saturated rings. The van der Waals surface area contributed by atoms with Crippen LogP contribution in [0.5, 0.6) is 0 Å². The average molecular weight is 230 g/mol. The van der Waals surface area contributed by atoms with Gasteiger partial charge in [-0.25, -0.2) is 0 Å². The van der Waals surface area contributed by atoms with Gasteiger partial charge in [-0.05, 0) is 25.4 Å². The van der Waals surface area contributed by atoms with Crippen LogP contribution in [0.3, 0.4) is 0 Å². The van der Waals surface area contributed by atoms with Crippen molar-refractivity contribution in [2.24, 2.45) is 5.92 Å². The summed E-state index contributed by atoms with van der Waals surface area (Å²) in [7, 11) is -0.709. The average Bonchev–Trinajstić information content (AvgIpc) is 2.76. The Kier molecular flexibility index (Phi) is 3.67. The fourth-order valence-corrected chi connectivity index (χ4v) is 4.02. The van der Waals surface area contributed by atoms with Crippen molar-refractivity contribution >= 4 is 22.1 Å². The SMILES string of the molecule is O=[S@](Cc1cncs1)C[C@H]1CCNC1. The molecule has 78 valence electrons. The standard InChI is InChI=1S/C9H14N2OS2/c12-14(5-8-1-2-10-3-8)6-9-4-11-7-13-9/h4,7-8,10H,1-3,5-6H2/t8-,14-/m0/s1. The number of nitrogens with one attached hydrogen (secondary N) is 1. The van der Waals surface area contributed by atoms with Gasteiger partial charge >= 0.3 is 0 Å². The smallest absolute Gasteiger partial charge is 0.0794 e. The van der Waals surface area contributed by atoms with Crippen molar-refractivity contribution in [3.63, 3.8) is 0 Å². The van der Waals surface area contributed by atoms with E-state index in [9.17, 15) is 4.21 Å². The monoisotopic (exact) mass is 230 g/mol. The molecule has 1 N–H and O–H groups in total. The summed E-state index contributed by atoms with van der Waals surface area (Å²) in [5.41, 5.74) is 1.80. The van der Waals surface area contributed by atoms with Crippen LogP contribution in [-0.2, 0) is 16.6 Å². The van der Waals surface area contributed by atoms with Gasteiger partial charge in [-0.15, -0.1) is 11.3 Å². The largest absolute Gasteiger partial charge is 0.316 e. The van der Waals surface area contributed by atoms with Gasteiger partial charge in [0, 0.05) is 27.6 Å². The first-order valence-electron chi connectivity index (χ1n) is 4.77. The first kappa shape index (κ1) is 10.3. The van der Waals surface area contributed by atoms with Crippen molar-refractivity contribution in [2.45, 2.75) is 12.2 Å². The van der Waals surface area contributed by atoms with Crippen LogP contribution in [0.4, 0.5) is 0 Å². The lowest BCUT2D eigenvalue weighted by atomic mass is 10.2. The number of hydrogen-bond donors (Lipinski definition) is 1. The molecule has 1 aromatic heterocycles. The highest BCUT2D eigenvalue weighted by Gasteiger charge is 2.17. The molecule has 0 spiro atoms. The summed E-state index contributed by atoms with van der Waals surface area (Å²) in [4.78, 5) is 5.11. The molecule has 0 bridgehead atoms. The van der Waals surface area contributed by atoms with E-state index in [0.29, 0.717) is 11.7 Å². The molecular formula is C9H14N2OS2. The molecule has 1 aromatic rings. The molecule has 0 aromatic carbocycles. The Morgan fingerprint density at radius 3 is 3.29 bits per heavy atom. The maximum Gasteiger partial charge on any atom is 0.0794 e. The van der Waals surface area contributed by atoms with Crippen LogP contribution in [0.2, 0.25) is 0 Å². The fraction of sp³-hybridized carbons (Fsp3) is 0.667. The quantitative estimate of drug-likeness (QED) is 0.839. The van der Waals surface area contributed by atoms with Gasteiger partial charge in [-0.3, -0.25) is 9.19 Å². The molecule has 0 aliphatic carbocycles. The molecule has 14 heavy (non-hydrogen) atoms. The third kappa shape index (κ3) is 2.87. The van der Waals surface area contributed by atoms with Gasteiger partial charge in [0.15, 0.2) is 0 Å².